The van der Waals surface area contributed by atoms with Crippen molar-refractivity contribution >= 4 is 50.9 Å². The van der Waals surface area contributed by atoms with Gasteiger partial charge in [0, 0.05) is 4.47 Å². The standard InChI is InChI=1S/C18H16BrClN2O3/c1-8(16(23)21-13-5-4-11(19)7-12(13)20)22-17(24)14-9-2-3-10(6-9)15(14)18(22)25/h2-5,7-10,14-15H,6H2,1H3,(H,21,23)/t8-,9+,10+,14+,15+/m1/s1. The van der Waals surface area contributed by atoms with Crippen LogP contribution in [0.1, 0.15) is 13.3 Å². The van der Waals surface area contributed by atoms with Crippen LogP contribution in [-0.4, -0.2) is 28.7 Å². The van der Waals surface area contributed by atoms with E-state index in [2.05, 4.69) is 21.2 Å². The maximum absolute atomic E-state index is 12.8. The van der Waals surface area contributed by atoms with Crippen LogP contribution in [-0.2, 0) is 14.4 Å². The van der Waals surface area contributed by atoms with Gasteiger partial charge in [0.25, 0.3) is 0 Å². The quantitative estimate of drug-likeness (QED) is 0.599. The van der Waals surface area contributed by atoms with Crippen LogP contribution in [0.3, 0.4) is 0 Å². The van der Waals surface area contributed by atoms with Gasteiger partial charge in [0.1, 0.15) is 6.04 Å². The Bertz CT molecular complexity index is 795. The number of halogens is 2. The molecule has 5 atom stereocenters. The molecule has 1 aliphatic heterocycles. The number of benzene rings is 1. The zero-order valence-electron chi connectivity index (χ0n) is 13.4. The first kappa shape index (κ1) is 16.8. The fraction of sp³-hybridized carbons (Fsp3) is 0.389. The lowest BCUT2D eigenvalue weighted by Crippen LogP contribution is -2.46. The molecule has 4 rings (SSSR count). The summed E-state index contributed by atoms with van der Waals surface area (Å²) in [7, 11) is 0. The number of likely N-dealkylation sites (tertiary alicyclic amines) is 1. The van der Waals surface area contributed by atoms with Gasteiger partial charge in [-0.3, -0.25) is 19.3 Å². The van der Waals surface area contributed by atoms with Crippen LogP contribution in [0.2, 0.25) is 5.02 Å². The van der Waals surface area contributed by atoms with Crippen LogP contribution in [0.15, 0.2) is 34.8 Å². The molecule has 0 spiro atoms. The van der Waals surface area contributed by atoms with Gasteiger partial charge in [-0.25, -0.2) is 0 Å². The number of imide groups is 1. The molecule has 25 heavy (non-hydrogen) atoms. The summed E-state index contributed by atoms with van der Waals surface area (Å²) in [6.07, 6.45) is 4.94. The number of rotatable bonds is 3. The molecule has 2 aliphatic carbocycles. The van der Waals surface area contributed by atoms with E-state index in [1.807, 2.05) is 12.2 Å². The number of nitrogens with one attached hydrogen (secondary N) is 1. The predicted octanol–water partition coefficient (Wildman–Crippen LogP) is 3.24. The number of allylic oxidation sites excluding steroid dienone is 2. The van der Waals surface area contributed by atoms with E-state index in [1.165, 1.54) is 0 Å². The third-order valence-corrected chi connectivity index (χ3v) is 6.27. The van der Waals surface area contributed by atoms with E-state index >= 15 is 0 Å². The van der Waals surface area contributed by atoms with Gasteiger partial charge >= 0.3 is 0 Å². The highest BCUT2D eigenvalue weighted by atomic mass is 79.9. The van der Waals surface area contributed by atoms with Gasteiger partial charge < -0.3 is 5.32 Å². The molecule has 3 aliphatic rings. The molecule has 1 saturated carbocycles. The second kappa shape index (κ2) is 5.95. The average molecular weight is 424 g/mol. The van der Waals surface area contributed by atoms with E-state index in [1.54, 1.807) is 25.1 Å². The molecule has 0 aromatic heterocycles. The highest BCUT2D eigenvalue weighted by Gasteiger charge is 2.60. The van der Waals surface area contributed by atoms with Crippen LogP contribution >= 0.6 is 27.5 Å². The molecular weight excluding hydrogens is 408 g/mol. The number of hydrogen-bond donors (Lipinski definition) is 1. The van der Waals surface area contributed by atoms with Crippen molar-refractivity contribution in [3.8, 4) is 0 Å². The summed E-state index contributed by atoms with van der Waals surface area (Å²) in [4.78, 5) is 39.2. The average Bonchev–Trinajstić information content (AvgIpc) is 3.23. The summed E-state index contributed by atoms with van der Waals surface area (Å²) >= 11 is 9.42. The minimum absolute atomic E-state index is 0.132. The van der Waals surface area contributed by atoms with Crippen molar-refractivity contribution in [2.24, 2.45) is 23.7 Å². The summed E-state index contributed by atoms with van der Waals surface area (Å²) in [5.41, 5.74) is 0.447. The maximum atomic E-state index is 12.8. The number of nitrogens with zero attached hydrogens (tertiary/aromatic N) is 1. The van der Waals surface area contributed by atoms with Crippen LogP contribution in [0.25, 0.3) is 0 Å². The normalized spacial score (nSPS) is 30.8. The number of carbonyl (C=O) groups excluding carboxylic acids is 3. The Labute approximate surface area is 158 Å². The van der Waals surface area contributed by atoms with Gasteiger partial charge in [-0.2, -0.15) is 0 Å². The summed E-state index contributed by atoms with van der Waals surface area (Å²) in [5, 5.41) is 3.09. The van der Waals surface area contributed by atoms with Crippen LogP contribution in [0.5, 0.6) is 0 Å². The van der Waals surface area contributed by atoms with Gasteiger partial charge in [0.15, 0.2) is 0 Å². The van der Waals surface area contributed by atoms with E-state index in [0.29, 0.717) is 10.7 Å². The Hall–Kier alpha value is -1.66. The van der Waals surface area contributed by atoms with Crippen molar-refractivity contribution in [3.63, 3.8) is 0 Å². The van der Waals surface area contributed by atoms with E-state index in [-0.39, 0.29) is 35.5 Å². The number of amides is 3. The smallest absolute Gasteiger partial charge is 0.247 e. The molecule has 0 radical (unpaired) electrons. The first-order valence-corrected chi connectivity index (χ1v) is 9.36. The Kier molecular flexibility index (Phi) is 4.00. The summed E-state index contributed by atoms with van der Waals surface area (Å²) in [5.74, 6) is -1.21. The van der Waals surface area contributed by atoms with Crippen molar-refractivity contribution in [3.05, 3.63) is 39.8 Å². The molecule has 2 bridgehead atoms. The molecule has 5 nitrogen and oxygen atoms in total. The van der Waals surface area contributed by atoms with Crippen LogP contribution < -0.4 is 5.32 Å². The van der Waals surface area contributed by atoms with Gasteiger partial charge in [-0.1, -0.05) is 39.7 Å². The first-order valence-electron chi connectivity index (χ1n) is 8.19. The molecule has 1 heterocycles. The molecule has 2 fully saturated rings. The minimum Gasteiger partial charge on any atom is -0.323 e. The molecule has 130 valence electrons. The van der Waals surface area contributed by atoms with Crippen LogP contribution in [0.4, 0.5) is 5.69 Å². The van der Waals surface area contributed by atoms with Crippen molar-refractivity contribution < 1.29 is 14.4 Å². The van der Waals surface area contributed by atoms with Crippen molar-refractivity contribution in [1.29, 1.82) is 0 Å². The summed E-state index contributed by atoms with van der Waals surface area (Å²) in [6.45, 7) is 1.58. The third kappa shape index (κ3) is 2.54. The van der Waals surface area contributed by atoms with E-state index in [4.69, 9.17) is 11.6 Å². The highest BCUT2D eigenvalue weighted by molar-refractivity contribution is 9.10. The predicted molar refractivity (Wildman–Crippen MR) is 96.8 cm³/mol. The molecule has 7 heteroatoms. The Morgan fingerprint density at radius 2 is 1.84 bits per heavy atom. The number of anilines is 1. The molecule has 0 unspecified atom stereocenters. The number of hydrogen-bond acceptors (Lipinski definition) is 3. The zero-order valence-corrected chi connectivity index (χ0v) is 15.8. The van der Waals surface area contributed by atoms with Crippen LogP contribution in [0, 0.1) is 23.7 Å². The fourth-order valence-electron chi connectivity index (χ4n) is 4.25. The summed E-state index contributed by atoms with van der Waals surface area (Å²) < 4.78 is 0.796. The lowest BCUT2D eigenvalue weighted by Gasteiger charge is -2.24. The van der Waals surface area contributed by atoms with Gasteiger partial charge in [0.05, 0.1) is 22.5 Å². The molecule has 3 amide bonds. The topological polar surface area (TPSA) is 66.5 Å². The Morgan fingerprint density at radius 3 is 2.40 bits per heavy atom. The van der Waals surface area contributed by atoms with Gasteiger partial charge in [0.2, 0.25) is 17.7 Å². The molecule has 1 N–H and O–H groups in total. The summed E-state index contributed by atoms with van der Waals surface area (Å²) in [6, 6.07) is 4.22. The maximum Gasteiger partial charge on any atom is 0.247 e. The SMILES string of the molecule is C[C@H](C(=O)Nc1ccc(Br)cc1Cl)N1C(=O)[C@@H]2[C@@H](C1=O)[C@H]1C=C[C@H]2C1. The molecule has 1 aromatic rings. The monoisotopic (exact) mass is 422 g/mol. The minimum atomic E-state index is -0.871. The second-order valence-electron chi connectivity index (χ2n) is 6.84. The number of fused-ring (bicyclic) bond motifs is 5. The lowest BCUT2D eigenvalue weighted by molar-refractivity contribution is -0.146. The zero-order chi connectivity index (χ0) is 17.9. The van der Waals surface area contributed by atoms with Crippen molar-refractivity contribution in [2.75, 3.05) is 5.32 Å². The molecule has 1 aromatic carbocycles. The highest BCUT2D eigenvalue weighted by Crippen LogP contribution is 2.52. The number of carbonyl (C=O) groups is 3. The Balaban J connectivity index is 1.53. The van der Waals surface area contributed by atoms with E-state index in [9.17, 15) is 14.4 Å². The van der Waals surface area contributed by atoms with Gasteiger partial charge in [-0.15, -0.1) is 0 Å². The lowest BCUT2D eigenvalue weighted by atomic mass is 9.85. The fourth-order valence-corrected chi connectivity index (χ4v) is 4.97. The van der Waals surface area contributed by atoms with Crippen molar-refractivity contribution in [1.82, 2.24) is 4.90 Å². The third-order valence-electron chi connectivity index (χ3n) is 5.46. The second-order valence-corrected chi connectivity index (χ2v) is 8.16. The van der Waals surface area contributed by atoms with E-state index in [0.717, 1.165) is 15.8 Å². The van der Waals surface area contributed by atoms with E-state index < -0.39 is 11.9 Å². The largest absolute Gasteiger partial charge is 0.323 e. The Morgan fingerprint density at radius 1 is 1.24 bits per heavy atom. The van der Waals surface area contributed by atoms with Gasteiger partial charge in [-0.05, 0) is 43.4 Å². The first-order chi connectivity index (χ1) is 11.9. The molecule has 1 saturated heterocycles. The molecular formula is C18H16BrClN2O3. The van der Waals surface area contributed by atoms with Crippen molar-refractivity contribution in [2.45, 2.75) is 19.4 Å².